The summed E-state index contributed by atoms with van der Waals surface area (Å²) in [6, 6.07) is 14.2. The minimum Gasteiger partial charge on any atom is -0.443 e. The van der Waals surface area contributed by atoms with Gasteiger partial charge in [-0.1, -0.05) is 30.3 Å². The standard InChI is InChI=1S/C19H23FN2O2/c1-14-12-16(20)10-11-17(14)22(13-15-8-6-5-7-9-15)21-18(23)24-19(2,3)4/h5-12H,13H2,1-4H3,(H,21,23). The average molecular weight is 330 g/mol. The Hall–Kier alpha value is -2.56. The van der Waals surface area contributed by atoms with E-state index in [9.17, 15) is 9.18 Å². The third kappa shape index (κ3) is 5.26. The predicted molar refractivity (Wildman–Crippen MR) is 93.1 cm³/mol. The first kappa shape index (κ1) is 17.8. The van der Waals surface area contributed by atoms with E-state index in [1.807, 2.05) is 30.3 Å². The Morgan fingerprint density at radius 2 is 1.83 bits per heavy atom. The molecular formula is C19H23FN2O2. The minimum absolute atomic E-state index is 0.312. The molecule has 0 bridgehead atoms. The van der Waals surface area contributed by atoms with Gasteiger partial charge in [-0.3, -0.25) is 5.01 Å². The number of hydrogen-bond donors (Lipinski definition) is 1. The molecular weight excluding hydrogens is 307 g/mol. The highest BCUT2D eigenvalue weighted by Crippen LogP contribution is 2.22. The highest BCUT2D eigenvalue weighted by atomic mass is 19.1. The number of benzene rings is 2. The second kappa shape index (κ2) is 7.34. The number of carbonyl (C=O) groups is 1. The minimum atomic E-state index is -0.597. The maximum atomic E-state index is 13.4. The summed E-state index contributed by atoms with van der Waals surface area (Å²) in [4.78, 5) is 12.2. The summed E-state index contributed by atoms with van der Waals surface area (Å²) in [5, 5.41) is 1.66. The molecule has 0 atom stereocenters. The molecule has 4 nitrogen and oxygen atoms in total. The predicted octanol–water partition coefficient (Wildman–Crippen LogP) is 4.58. The Labute approximate surface area is 142 Å². The van der Waals surface area contributed by atoms with E-state index in [0.717, 1.165) is 11.1 Å². The van der Waals surface area contributed by atoms with Gasteiger partial charge < -0.3 is 4.74 Å². The van der Waals surface area contributed by atoms with Gasteiger partial charge in [0.15, 0.2) is 0 Å². The summed E-state index contributed by atoms with van der Waals surface area (Å²) in [5.41, 5.74) is 4.60. The number of aryl methyl sites for hydroxylation is 1. The van der Waals surface area contributed by atoms with Crippen LogP contribution in [0.5, 0.6) is 0 Å². The summed E-state index contributed by atoms with van der Waals surface area (Å²) < 4.78 is 18.7. The lowest BCUT2D eigenvalue weighted by atomic mass is 10.1. The van der Waals surface area contributed by atoms with Crippen molar-refractivity contribution < 1.29 is 13.9 Å². The van der Waals surface area contributed by atoms with Gasteiger partial charge in [0.05, 0.1) is 12.2 Å². The number of nitrogens with one attached hydrogen (secondary N) is 1. The number of anilines is 1. The summed E-state index contributed by atoms with van der Waals surface area (Å²) in [5.74, 6) is -0.312. The van der Waals surface area contributed by atoms with Crippen LogP contribution in [-0.2, 0) is 11.3 Å². The van der Waals surface area contributed by atoms with Gasteiger partial charge in [-0.05, 0) is 57.0 Å². The molecule has 2 aromatic carbocycles. The molecule has 0 heterocycles. The molecule has 0 aliphatic rings. The normalized spacial score (nSPS) is 11.0. The van der Waals surface area contributed by atoms with E-state index >= 15 is 0 Å². The van der Waals surface area contributed by atoms with Gasteiger partial charge in [-0.2, -0.15) is 0 Å². The number of carbonyl (C=O) groups excluding carboxylic acids is 1. The van der Waals surface area contributed by atoms with Crippen molar-refractivity contribution in [3.63, 3.8) is 0 Å². The molecule has 24 heavy (non-hydrogen) atoms. The van der Waals surface area contributed by atoms with Crippen molar-refractivity contribution in [1.82, 2.24) is 5.43 Å². The third-order valence-corrected chi connectivity index (χ3v) is 3.26. The molecule has 0 fully saturated rings. The number of hydrazine groups is 1. The topological polar surface area (TPSA) is 41.6 Å². The first-order valence-electron chi connectivity index (χ1n) is 7.82. The van der Waals surface area contributed by atoms with Gasteiger partial charge >= 0.3 is 6.09 Å². The van der Waals surface area contributed by atoms with Crippen LogP contribution >= 0.6 is 0 Å². The molecule has 1 N–H and O–H groups in total. The second-order valence-corrected chi connectivity index (χ2v) is 6.62. The number of nitrogens with zero attached hydrogens (tertiary/aromatic N) is 1. The summed E-state index contributed by atoms with van der Waals surface area (Å²) in [7, 11) is 0. The molecule has 0 spiro atoms. The molecule has 0 saturated heterocycles. The van der Waals surface area contributed by atoms with Gasteiger partial charge in [0.2, 0.25) is 0 Å². The number of halogens is 1. The Kier molecular flexibility index (Phi) is 5.44. The van der Waals surface area contributed by atoms with E-state index in [0.29, 0.717) is 12.2 Å². The molecule has 0 aliphatic heterocycles. The fourth-order valence-electron chi connectivity index (χ4n) is 2.28. The Balaban J connectivity index is 2.25. The van der Waals surface area contributed by atoms with E-state index < -0.39 is 11.7 Å². The van der Waals surface area contributed by atoms with Crippen LogP contribution in [0.4, 0.5) is 14.9 Å². The van der Waals surface area contributed by atoms with Crippen LogP contribution in [0.25, 0.3) is 0 Å². The Bertz CT molecular complexity index is 696. The van der Waals surface area contributed by atoms with E-state index in [2.05, 4.69) is 5.43 Å². The lowest BCUT2D eigenvalue weighted by molar-refractivity contribution is 0.0520. The molecule has 0 aromatic heterocycles. The van der Waals surface area contributed by atoms with Crippen molar-refractivity contribution in [3.05, 3.63) is 65.5 Å². The maximum Gasteiger partial charge on any atom is 0.426 e. The number of ether oxygens (including phenoxy) is 1. The molecule has 2 aromatic rings. The number of amides is 1. The first-order chi connectivity index (χ1) is 11.2. The summed E-state index contributed by atoms with van der Waals surface area (Å²) in [6.45, 7) is 7.64. The molecule has 1 amide bonds. The average Bonchev–Trinajstić information content (AvgIpc) is 2.45. The lowest BCUT2D eigenvalue weighted by Gasteiger charge is -2.29. The van der Waals surface area contributed by atoms with Crippen molar-refractivity contribution in [2.24, 2.45) is 0 Å². The maximum absolute atomic E-state index is 13.4. The van der Waals surface area contributed by atoms with Crippen molar-refractivity contribution in [2.45, 2.75) is 39.8 Å². The van der Waals surface area contributed by atoms with Gasteiger partial charge in [-0.15, -0.1) is 0 Å². The zero-order chi connectivity index (χ0) is 17.7. The van der Waals surface area contributed by atoms with Crippen LogP contribution in [-0.4, -0.2) is 11.7 Å². The highest BCUT2D eigenvalue weighted by molar-refractivity contribution is 5.71. The highest BCUT2D eigenvalue weighted by Gasteiger charge is 2.20. The van der Waals surface area contributed by atoms with Crippen molar-refractivity contribution in [1.29, 1.82) is 0 Å². The fourth-order valence-corrected chi connectivity index (χ4v) is 2.28. The molecule has 2 rings (SSSR count). The van der Waals surface area contributed by atoms with Crippen molar-refractivity contribution >= 4 is 11.8 Å². The van der Waals surface area contributed by atoms with E-state index in [1.165, 1.54) is 12.1 Å². The molecule has 128 valence electrons. The zero-order valence-electron chi connectivity index (χ0n) is 14.5. The van der Waals surface area contributed by atoms with Crippen LogP contribution in [0.2, 0.25) is 0 Å². The Morgan fingerprint density at radius 3 is 2.42 bits per heavy atom. The molecule has 0 radical (unpaired) electrons. The van der Waals surface area contributed by atoms with Crippen molar-refractivity contribution in [2.75, 3.05) is 5.01 Å². The SMILES string of the molecule is Cc1cc(F)ccc1N(Cc1ccccc1)NC(=O)OC(C)(C)C. The van der Waals surface area contributed by atoms with Crippen LogP contribution in [0.15, 0.2) is 48.5 Å². The van der Waals surface area contributed by atoms with Crippen LogP contribution in [0.3, 0.4) is 0 Å². The second-order valence-electron chi connectivity index (χ2n) is 6.62. The fraction of sp³-hybridized carbons (Fsp3) is 0.316. The largest absolute Gasteiger partial charge is 0.443 e. The van der Waals surface area contributed by atoms with Crippen LogP contribution < -0.4 is 10.4 Å². The van der Waals surface area contributed by atoms with Gasteiger partial charge in [0.1, 0.15) is 11.4 Å². The van der Waals surface area contributed by atoms with Gasteiger partial charge in [0.25, 0.3) is 0 Å². The molecule has 0 unspecified atom stereocenters. The van der Waals surface area contributed by atoms with Crippen LogP contribution in [0, 0.1) is 12.7 Å². The zero-order valence-corrected chi connectivity index (χ0v) is 14.5. The lowest BCUT2D eigenvalue weighted by Crippen LogP contribution is -2.44. The van der Waals surface area contributed by atoms with E-state index in [-0.39, 0.29) is 5.82 Å². The molecule has 5 heteroatoms. The van der Waals surface area contributed by atoms with Gasteiger partial charge in [0, 0.05) is 0 Å². The van der Waals surface area contributed by atoms with Gasteiger partial charge in [-0.25, -0.2) is 14.6 Å². The molecule has 0 saturated carbocycles. The third-order valence-electron chi connectivity index (χ3n) is 3.26. The number of hydrogen-bond acceptors (Lipinski definition) is 3. The van der Waals surface area contributed by atoms with Crippen LogP contribution in [0.1, 0.15) is 31.9 Å². The van der Waals surface area contributed by atoms with Crippen molar-refractivity contribution in [3.8, 4) is 0 Å². The molecule has 0 aliphatic carbocycles. The summed E-state index contributed by atoms with van der Waals surface area (Å²) >= 11 is 0. The number of rotatable bonds is 4. The smallest absolute Gasteiger partial charge is 0.426 e. The summed E-state index contributed by atoms with van der Waals surface area (Å²) in [6.07, 6.45) is -0.554. The Morgan fingerprint density at radius 1 is 1.17 bits per heavy atom. The van der Waals surface area contributed by atoms with E-state index in [4.69, 9.17) is 4.74 Å². The quantitative estimate of drug-likeness (QED) is 0.834. The van der Waals surface area contributed by atoms with E-state index in [1.54, 1.807) is 38.8 Å². The first-order valence-corrected chi connectivity index (χ1v) is 7.82. The monoisotopic (exact) mass is 330 g/mol.